The van der Waals surface area contributed by atoms with Crippen LogP contribution in [0.3, 0.4) is 0 Å². The van der Waals surface area contributed by atoms with Gasteiger partial charge in [-0.15, -0.1) is 0 Å². The first kappa shape index (κ1) is 14.6. The summed E-state index contributed by atoms with van der Waals surface area (Å²) in [4.78, 5) is 2.37. The van der Waals surface area contributed by atoms with E-state index in [0.717, 1.165) is 25.9 Å². The third kappa shape index (κ3) is 4.40. The van der Waals surface area contributed by atoms with E-state index in [0.29, 0.717) is 0 Å². The SMILES string of the molecule is C=C(CC)N(C/C=C(/C)c1ccccc1)CCC. The normalized spacial score (nSPS) is 11.4. The van der Waals surface area contributed by atoms with Gasteiger partial charge in [0, 0.05) is 18.8 Å². The first-order valence-electron chi connectivity index (χ1n) is 6.83. The molecule has 1 aromatic rings. The number of nitrogens with zero attached hydrogens (tertiary/aromatic N) is 1. The second-order valence-electron chi connectivity index (χ2n) is 4.62. The van der Waals surface area contributed by atoms with Gasteiger partial charge in [0.25, 0.3) is 0 Å². The van der Waals surface area contributed by atoms with E-state index in [1.54, 1.807) is 0 Å². The summed E-state index contributed by atoms with van der Waals surface area (Å²) in [5, 5.41) is 0. The molecule has 98 valence electrons. The highest BCUT2D eigenvalue weighted by Crippen LogP contribution is 2.14. The standard InChI is InChI=1S/C17H25N/c1-5-13-18(16(4)6-2)14-12-15(3)17-10-8-7-9-11-17/h7-12H,4-6,13-14H2,1-3H3/b15-12-. The van der Waals surface area contributed by atoms with Gasteiger partial charge in [0.1, 0.15) is 0 Å². The molecule has 18 heavy (non-hydrogen) atoms. The molecule has 1 nitrogen and oxygen atoms in total. The number of benzene rings is 1. The number of rotatable bonds is 7. The maximum absolute atomic E-state index is 4.14. The smallest absolute Gasteiger partial charge is 0.0362 e. The fourth-order valence-corrected chi connectivity index (χ4v) is 1.94. The minimum atomic E-state index is 0.960. The molecular formula is C17H25N. The zero-order valence-corrected chi connectivity index (χ0v) is 11.9. The maximum atomic E-state index is 4.14. The van der Waals surface area contributed by atoms with Crippen LogP contribution in [0.25, 0.3) is 5.57 Å². The van der Waals surface area contributed by atoms with Crippen molar-refractivity contribution in [3.8, 4) is 0 Å². The van der Waals surface area contributed by atoms with Crippen molar-refractivity contribution < 1.29 is 0 Å². The molecule has 0 saturated carbocycles. The molecule has 0 aromatic heterocycles. The Morgan fingerprint density at radius 3 is 2.44 bits per heavy atom. The molecule has 0 radical (unpaired) electrons. The van der Waals surface area contributed by atoms with Crippen molar-refractivity contribution in [1.29, 1.82) is 0 Å². The van der Waals surface area contributed by atoms with Gasteiger partial charge in [0.2, 0.25) is 0 Å². The molecule has 1 aromatic carbocycles. The lowest BCUT2D eigenvalue weighted by molar-refractivity contribution is 0.371. The molecule has 0 unspecified atom stereocenters. The van der Waals surface area contributed by atoms with Crippen LogP contribution >= 0.6 is 0 Å². The first-order chi connectivity index (χ1) is 8.69. The first-order valence-corrected chi connectivity index (χ1v) is 6.83. The van der Waals surface area contributed by atoms with Crippen LogP contribution < -0.4 is 0 Å². The van der Waals surface area contributed by atoms with E-state index >= 15 is 0 Å². The van der Waals surface area contributed by atoms with E-state index in [9.17, 15) is 0 Å². The zero-order valence-electron chi connectivity index (χ0n) is 11.9. The van der Waals surface area contributed by atoms with Crippen LogP contribution in [0, 0.1) is 0 Å². The van der Waals surface area contributed by atoms with Crippen LogP contribution in [0.1, 0.15) is 39.2 Å². The number of hydrogen-bond acceptors (Lipinski definition) is 1. The van der Waals surface area contributed by atoms with Crippen molar-refractivity contribution in [1.82, 2.24) is 4.90 Å². The summed E-state index contributed by atoms with van der Waals surface area (Å²) in [6.07, 6.45) is 4.49. The van der Waals surface area contributed by atoms with Gasteiger partial charge in [-0.2, -0.15) is 0 Å². The van der Waals surface area contributed by atoms with Gasteiger partial charge >= 0.3 is 0 Å². The van der Waals surface area contributed by atoms with E-state index in [2.05, 4.69) is 68.7 Å². The summed E-state index contributed by atoms with van der Waals surface area (Å²) >= 11 is 0. The third-order valence-corrected chi connectivity index (χ3v) is 3.20. The van der Waals surface area contributed by atoms with Crippen LogP contribution in [0.4, 0.5) is 0 Å². The molecule has 1 rings (SSSR count). The molecule has 0 saturated heterocycles. The molecule has 0 aliphatic carbocycles. The van der Waals surface area contributed by atoms with Crippen molar-refractivity contribution in [2.75, 3.05) is 13.1 Å². The third-order valence-electron chi connectivity index (χ3n) is 3.20. The van der Waals surface area contributed by atoms with E-state index in [4.69, 9.17) is 0 Å². The highest BCUT2D eigenvalue weighted by molar-refractivity contribution is 5.63. The topological polar surface area (TPSA) is 3.24 Å². The largest absolute Gasteiger partial charge is 0.372 e. The maximum Gasteiger partial charge on any atom is 0.0362 e. The molecule has 0 amide bonds. The quantitative estimate of drug-likeness (QED) is 0.669. The molecule has 0 bridgehead atoms. The van der Waals surface area contributed by atoms with E-state index in [1.807, 2.05) is 0 Å². The Bertz CT molecular complexity index is 389. The average molecular weight is 243 g/mol. The van der Waals surface area contributed by atoms with E-state index in [1.165, 1.54) is 16.8 Å². The molecule has 0 aliphatic rings. The fourth-order valence-electron chi connectivity index (χ4n) is 1.94. The van der Waals surface area contributed by atoms with Gasteiger partial charge in [-0.3, -0.25) is 0 Å². The van der Waals surface area contributed by atoms with Gasteiger partial charge < -0.3 is 4.90 Å². The van der Waals surface area contributed by atoms with Gasteiger partial charge in [0.05, 0.1) is 0 Å². The second kappa shape index (κ2) is 7.75. The van der Waals surface area contributed by atoms with Crippen LogP contribution in [0.5, 0.6) is 0 Å². The van der Waals surface area contributed by atoms with E-state index < -0.39 is 0 Å². The van der Waals surface area contributed by atoms with Gasteiger partial charge in [-0.1, -0.05) is 56.8 Å². The Hall–Kier alpha value is -1.50. The molecule has 0 atom stereocenters. The van der Waals surface area contributed by atoms with E-state index in [-0.39, 0.29) is 0 Å². The van der Waals surface area contributed by atoms with Crippen molar-refractivity contribution in [2.24, 2.45) is 0 Å². The monoisotopic (exact) mass is 243 g/mol. The second-order valence-corrected chi connectivity index (χ2v) is 4.62. The molecule has 0 heterocycles. The van der Waals surface area contributed by atoms with Gasteiger partial charge in [-0.25, -0.2) is 0 Å². The van der Waals surface area contributed by atoms with Crippen molar-refractivity contribution >= 4 is 5.57 Å². The molecule has 0 N–H and O–H groups in total. The molecule has 0 spiro atoms. The molecule has 1 heteroatoms. The van der Waals surface area contributed by atoms with Crippen LogP contribution in [-0.2, 0) is 0 Å². The van der Waals surface area contributed by atoms with Crippen molar-refractivity contribution in [3.05, 3.63) is 54.2 Å². The summed E-state index contributed by atoms with van der Waals surface area (Å²) in [6.45, 7) is 12.7. The Balaban J connectivity index is 2.68. The van der Waals surface area contributed by atoms with Gasteiger partial charge in [0.15, 0.2) is 0 Å². The molecule has 0 aliphatic heterocycles. The minimum absolute atomic E-state index is 0.960. The molecular weight excluding hydrogens is 218 g/mol. The average Bonchev–Trinajstić information content (AvgIpc) is 2.43. The number of hydrogen-bond donors (Lipinski definition) is 0. The van der Waals surface area contributed by atoms with Gasteiger partial charge in [-0.05, 0) is 30.9 Å². The Morgan fingerprint density at radius 2 is 1.89 bits per heavy atom. The van der Waals surface area contributed by atoms with Crippen LogP contribution in [-0.4, -0.2) is 18.0 Å². The Labute approximate surface area is 112 Å². The lowest BCUT2D eigenvalue weighted by atomic mass is 10.1. The summed E-state index contributed by atoms with van der Waals surface area (Å²) in [5.74, 6) is 0. The summed E-state index contributed by atoms with van der Waals surface area (Å²) < 4.78 is 0. The molecule has 0 fully saturated rings. The summed E-state index contributed by atoms with van der Waals surface area (Å²) in [6, 6.07) is 10.5. The zero-order chi connectivity index (χ0) is 13.4. The minimum Gasteiger partial charge on any atom is -0.372 e. The van der Waals surface area contributed by atoms with Crippen molar-refractivity contribution in [3.63, 3.8) is 0 Å². The lowest BCUT2D eigenvalue weighted by Crippen LogP contribution is -2.23. The Morgan fingerprint density at radius 1 is 1.22 bits per heavy atom. The van der Waals surface area contributed by atoms with Crippen molar-refractivity contribution in [2.45, 2.75) is 33.6 Å². The highest BCUT2D eigenvalue weighted by Gasteiger charge is 2.03. The van der Waals surface area contributed by atoms with Crippen LogP contribution in [0.15, 0.2) is 48.7 Å². The predicted molar refractivity (Wildman–Crippen MR) is 81.4 cm³/mol. The van der Waals surface area contributed by atoms with Crippen LogP contribution in [0.2, 0.25) is 0 Å². The summed E-state index contributed by atoms with van der Waals surface area (Å²) in [7, 11) is 0. The lowest BCUT2D eigenvalue weighted by Gasteiger charge is -2.24. The fraction of sp³-hybridized carbons (Fsp3) is 0.412. The summed E-state index contributed by atoms with van der Waals surface area (Å²) in [5.41, 5.74) is 3.87. The number of allylic oxidation sites excluding steroid dienone is 2. The Kier molecular flexibility index (Phi) is 6.27. The highest BCUT2D eigenvalue weighted by atomic mass is 15.1. The predicted octanol–water partition coefficient (Wildman–Crippen LogP) is 4.73.